The number of nitrogens with one attached hydrogen (secondary N) is 3. The lowest BCUT2D eigenvalue weighted by Crippen LogP contribution is -2.52. The molecule has 0 aliphatic carbocycles. The Morgan fingerprint density at radius 1 is 1.09 bits per heavy atom. The molecule has 166 valence electrons. The molecule has 2 aromatic rings. The van der Waals surface area contributed by atoms with E-state index in [1.54, 1.807) is 11.1 Å². The molecule has 1 aromatic heterocycles. The number of imide groups is 1. The van der Waals surface area contributed by atoms with Crippen molar-refractivity contribution in [1.29, 1.82) is 0 Å². The molecule has 1 unspecified atom stereocenters. The van der Waals surface area contributed by atoms with Crippen molar-refractivity contribution < 1.29 is 14.4 Å². The van der Waals surface area contributed by atoms with Crippen molar-refractivity contribution in [3.05, 3.63) is 53.2 Å². The summed E-state index contributed by atoms with van der Waals surface area (Å²) in [6.07, 6.45) is 2.42. The molecular formula is C23H26N6O3. The predicted octanol–water partition coefficient (Wildman–Crippen LogP) is 0.864. The minimum absolute atomic E-state index is 0.153. The van der Waals surface area contributed by atoms with Crippen LogP contribution in [0.2, 0.25) is 0 Å². The van der Waals surface area contributed by atoms with Gasteiger partial charge in [0, 0.05) is 57.4 Å². The SMILES string of the molecule is O=C1CCC(N2Cc3c(CNc4cccnc4N4CCNCC4)cccc3C2=O)C(=O)N1. The molecule has 0 spiro atoms. The van der Waals surface area contributed by atoms with E-state index in [2.05, 4.69) is 25.8 Å². The molecule has 1 aromatic carbocycles. The number of benzene rings is 1. The van der Waals surface area contributed by atoms with Crippen molar-refractivity contribution in [1.82, 2.24) is 20.5 Å². The Kier molecular flexibility index (Phi) is 5.48. The second kappa shape index (κ2) is 8.58. The van der Waals surface area contributed by atoms with Crippen LogP contribution in [0.25, 0.3) is 0 Å². The van der Waals surface area contributed by atoms with Crippen LogP contribution >= 0.6 is 0 Å². The summed E-state index contributed by atoms with van der Waals surface area (Å²) in [4.78, 5) is 45.3. The lowest BCUT2D eigenvalue weighted by molar-refractivity contribution is -0.136. The summed E-state index contributed by atoms with van der Waals surface area (Å²) >= 11 is 0. The monoisotopic (exact) mass is 434 g/mol. The summed E-state index contributed by atoms with van der Waals surface area (Å²) in [6.45, 7) is 4.59. The van der Waals surface area contributed by atoms with E-state index in [9.17, 15) is 14.4 Å². The fourth-order valence-electron chi connectivity index (χ4n) is 4.67. The van der Waals surface area contributed by atoms with Gasteiger partial charge in [0.15, 0.2) is 5.82 Å². The van der Waals surface area contributed by atoms with E-state index >= 15 is 0 Å². The fraction of sp³-hybridized carbons (Fsp3) is 0.391. The molecule has 0 bridgehead atoms. The first kappa shape index (κ1) is 20.4. The summed E-state index contributed by atoms with van der Waals surface area (Å²) in [5.74, 6) is 0.109. The molecule has 5 rings (SSSR count). The topological polar surface area (TPSA) is 107 Å². The number of carbonyl (C=O) groups is 3. The molecule has 3 N–H and O–H groups in total. The van der Waals surface area contributed by atoms with Crippen molar-refractivity contribution in [3.8, 4) is 0 Å². The van der Waals surface area contributed by atoms with Gasteiger partial charge in [-0.2, -0.15) is 0 Å². The molecule has 9 nitrogen and oxygen atoms in total. The smallest absolute Gasteiger partial charge is 0.255 e. The second-order valence-electron chi connectivity index (χ2n) is 8.31. The van der Waals surface area contributed by atoms with Gasteiger partial charge < -0.3 is 20.4 Å². The van der Waals surface area contributed by atoms with Gasteiger partial charge in [-0.25, -0.2) is 4.98 Å². The largest absolute Gasteiger partial charge is 0.378 e. The maximum Gasteiger partial charge on any atom is 0.255 e. The lowest BCUT2D eigenvalue weighted by atomic mass is 10.0. The Balaban J connectivity index is 1.34. The van der Waals surface area contributed by atoms with E-state index in [0.717, 1.165) is 48.8 Å². The van der Waals surface area contributed by atoms with Crippen LogP contribution in [-0.4, -0.2) is 59.8 Å². The maximum atomic E-state index is 13.0. The molecule has 4 heterocycles. The van der Waals surface area contributed by atoms with Gasteiger partial charge in [0.25, 0.3) is 5.91 Å². The van der Waals surface area contributed by atoms with Crippen LogP contribution in [0.15, 0.2) is 36.5 Å². The molecule has 3 amide bonds. The Morgan fingerprint density at radius 3 is 2.75 bits per heavy atom. The molecule has 1 atom stereocenters. The first-order chi connectivity index (χ1) is 15.6. The normalized spacial score (nSPS) is 20.9. The minimum Gasteiger partial charge on any atom is -0.378 e. The zero-order valence-electron chi connectivity index (χ0n) is 17.8. The third kappa shape index (κ3) is 3.80. The third-order valence-electron chi connectivity index (χ3n) is 6.35. The van der Waals surface area contributed by atoms with Gasteiger partial charge in [0.2, 0.25) is 11.8 Å². The van der Waals surface area contributed by atoms with Crippen LogP contribution in [0, 0.1) is 0 Å². The van der Waals surface area contributed by atoms with Gasteiger partial charge in [-0.05, 0) is 35.7 Å². The maximum absolute atomic E-state index is 13.0. The highest BCUT2D eigenvalue weighted by molar-refractivity contribution is 6.05. The Hall–Kier alpha value is -3.46. The number of rotatable bonds is 5. The zero-order valence-corrected chi connectivity index (χ0v) is 17.8. The van der Waals surface area contributed by atoms with E-state index in [1.807, 2.05) is 30.3 Å². The molecule has 9 heteroatoms. The summed E-state index contributed by atoms with van der Waals surface area (Å²) in [7, 11) is 0. The van der Waals surface area contributed by atoms with Gasteiger partial charge in [-0.3, -0.25) is 19.7 Å². The Labute approximate surface area is 186 Å². The number of piperazine rings is 1. The Morgan fingerprint density at radius 2 is 1.94 bits per heavy atom. The number of hydrogen-bond donors (Lipinski definition) is 3. The number of pyridine rings is 1. The lowest BCUT2D eigenvalue weighted by Gasteiger charge is -2.30. The zero-order chi connectivity index (χ0) is 22.1. The number of amides is 3. The van der Waals surface area contributed by atoms with Crippen LogP contribution < -0.4 is 20.9 Å². The summed E-state index contributed by atoms with van der Waals surface area (Å²) in [6, 6.07) is 9.02. The van der Waals surface area contributed by atoms with Crippen LogP contribution in [0.3, 0.4) is 0 Å². The molecule has 0 radical (unpaired) electrons. The van der Waals surface area contributed by atoms with Crippen LogP contribution in [0.5, 0.6) is 0 Å². The molecule has 3 aliphatic rings. The number of aromatic nitrogens is 1. The van der Waals surface area contributed by atoms with E-state index < -0.39 is 11.9 Å². The van der Waals surface area contributed by atoms with Crippen molar-refractivity contribution in [2.75, 3.05) is 36.4 Å². The number of fused-ring (bicyclic) bond motifs is 1. The average Bonchev–Trinajstić information content (AvgIpc) is 3.15. The van der Waals surface area contributed by atoms with Crippen molar-refractivity contribution >= 4 is 29.2 Å². The number of nitrogens with zero attached hydrogens (tertiary/aromatic N) is 3. The molecule has 2 saturated heterocycles. The molecule has 0 saturated carbocycles. The summed E-state index contributed by atoms with van der Waals surface area (Å²) < 4.78 is 0. The standard InChI is InChI=1S/C23H26N6O3/c30-20-7-6-19(22(31)27-20)29-14-17-15(3-1-4-16(17)23(29)32)13-26-18-5-2-8-25-21(18)28-11-9-24-10-12-28/h1-5,8,19,24,26H,6-7,9-14H2,(H,27,30,31). The van der Waals surface area contributed by atoms with Gasteiger partial charge in [-0.1, -0.05) is 12.1 Å². The summed E-state index contributed by atoms with van der Waals surface area (Å²) in [5.41, 5.74) is 3.53. The summed E-state index contributed by atoms with van der Waals surface area (Å²) in [5, 5.41) is 9.21. The fourth-order valence-corrected chi connectivity index (χ4v) is 4.67. The first-order valence-corrected chi connectivity index (χ1v) is 11.0. The minimum atomic E-state index is -0.606. The quantitative estimate of drug-likeness (QED) is 0.600. The first-order valence-electron chi connectivity index (χ1n) is 11.0. The highest BCUT2D eigenvalue weighted by atomic mass is 16.2. The van der Waals surface area contributed by atoms with Crippen molar-refractivity contribution in [2.24, 2.45) is 0 Å². The molecule has 3 aliphatic heterocycles. The van der Waals surface area contributed by atoms with Crippen molar-refractivity contribution in [3.63, 3.8) is 0 Å². The van der Waals surface area contributed by atoms with Gasteiger partial charge in [0.05, 0.1) is 5.69 Å². The number of hydrogen-bond acceptors (Lipinski definition) is 7. The third-order valence-corrected chi connectivity index (χ3v) is 6.35. The van der Waals surface area contributed by atoms with Gasteiger partial charge in [-0.15, -0.1) is 0 Å². The molecular weight excluding hydrogens is 408 g/mol. The van der Waals surface area contributed by atoms with Gasteiger partial charge in [0.1, 0.15) is 6.04 Å². The molecule has 32 heavy (non-hydrogen) atoms. The Bertz CT molecular complexity index is 1070. The molecule has 2 fully saturated rings. The highest BCUT2D eigenvalue weighted by Gasteiger charge is 2.39. The van der Waals surface area contributed by atoms with E-state index in [4.69, 9.17) is 0 Å². The second-order valence-corrected chi connectivity index (χ2v) is 8.31. The van der Waals surface area contributed by atoms with E-state index in [-0.39, 0.29) is 18.2 Å². The number of piperidine rings is 1. The number of carbonyl (C=O) groups excluding carboxylic acids is 3. The average molecular weight is 435 g/mol. The van der Waals surface area contributed by atoms with Crippen molar-refractivity contribution in [2.45, 2.75) is 32.0 Å². The number of anilines is 2. The van der Waals surface area contributed by atoms with Crippen LogP contribution in [0.1, 0.15) is 34.3 Å². The highest BCUT2D eigenvalue weighted by Crippen LogP contribution is 2.31. The van der Waals surface area contributed by atoms with E-state index in [1.165, 1.54) is 0 Å². The predicted molar refractivity (Wildman–Crippen MR) is 119 cm³/mol. The van der Waals surface area contributed by atoms with Crippen LogP contribution in [0.4, 0.5) is 11.5 Å². The van der Waals surface area contributed by atoms with Gasteiger partial charge >= 0.3 is 0 Å². The van der Waals surface area contributed by atoms with Crippen LogP contribution in [-0.2, 0) is 22.7 Å². The van der Waals surface area contributed by atoms with E-state index in [0.29, 0.717) is 25.1 Å².